The summed E-state index contributed by atoms with van der Waals surface area (Å²) in [4.78, 5) is 37.5. The molecule has 1 aromatic heterocycles. The van der Waals surface area contributed by atoms with E-state index in [1.54, 1.807) is 0 Å². The monoisotopic (exact) mass is 355 g/mol. The van der Waals surface area contributed by atoms with Crippen LogP contribution in [0.4, 0.5) is 5.82 Å². The zero-order valence-corrected chi connectivity index (χ0v) is 14.7. The molecule has 2 N–H and O–H groups in total. The first-order chi connectivity index (χ1) is 11.9. The van der Waals surface area contributed by atoms with Crippen LogP contribution in [0.3, 0.4) is 0 Å². The highest BCUT2D eigenvalue weighted by Crippen LogP contribution is 2.24. The molecule has 0 aliphatic heterocycles. The highest BCUT2D eigenvalue weighted by Gasteiger charge is 2.20. The number of rotatable bonds is 4. The third-order valence-electron chi connectivity index (χ3n) is 4.08. The van der Waals surface area contributed by atoms with Crippen molar-refractivity contribution in [1.82, 2.24) is 9.13 Å². The van der Waals surface area contributed by atoms with Crippen LogP contribution in [0, 0.1) is 0 Å². The predicted octanol–water partition coefficient (Wildman–Crippen LogP) is 1.79. The highest BCUT2D eigenvalue weighted by atomic mass is 32.2. The van der Waals surface area contributed by atoms with Crippen LogP contribution in [0.15, 0.2) is 56.9 Å². The molecule has 0 saturated heterocycles. The summed E-state index contributed by atoms with van der Waals surface area (Å²) in [6.07, 6.45) is 0. The van der Waals surface area contributed by atoms with Gasteiger partial charge in [0.1, 0.15) is 11.4 Å². The molecule has 3 aromatic rings. The summed E-state index contributed by atoms with van der Waals surface area (Å²) >= 11 is 1.33. The molecule has 0 aliphatic rings. The van der Waals surface area contributed by atoms with E-state index in [0.717, 1.165) is 24.8 Å². The molecule has 0 unspecified atom stereocenters. The van der Waals surface area contributed by atoms with Crippen LogP contribution < -0.4 is 17.0 Å². The van der Waals surface area contributed by atoms with E-state index in [0.29, 0.717) is 0 Å². The molecule has 25 heavy (non-hydrogen) atoms. The molecule has 0 saturated carbocycles. The Morgan fingerprint density at radius 3 is 2.44 bits per heavy atom. The Kier molecular flexibility index (Phi) is 4.50. The van der Waals surface area contributed by atoms with Crippen molar-refractivity contribution in [3.8, 4) is 0 Å². The van der Waals surface area contributed by atoms with E-state index < -0.39 is 17.0 Å². The zero-order chi connectivity index (χ0) is 18.1. The number of thioether (sulfide) groups is 1. The van der Waals surface area contributed by atoms with Gasteiger partial charge in [-0.15, -0.1) is 11.8 Å². The van der Waals surface area contributed by atoms with Crippen LogP contribution in [0.5, 0.6) is 0 Å². The number of nitrogens with two attached hydrogens (primary N) is 1. The van der Waals surface area contributed by atoms with Gasteiger partial charge in [0.2, 0.25) is 0 Å². The fraction of sp³-hybridized carbons (Fsp3) is 0.167. The third kappa shape index (κ3) is 3.10. The molecular formula is C18H17N3O3S. The number of hydrogen-bond acceptors (Lipinski definition) is 5. The molecule has 2 aromatic carbocycles. The molecule has 6 nitrogen and oxygen atoms in total. The maximum absolute atomic E-state index is 12.5. The molecule has 1 heterocycles. The summed E-state index contributed by atoms with van der Waals surface area (Å²) in [5, 5.41) is 2.20. The van der Waals surface area contributed by atoms with Crippen LogP contribution >= 0.6 is 11.8 Å². The van der Waals surface area contributed by atoms with Gasteiger partial charge in [-0.05, 0) is 22.9 Å². The van der Waals surface area contributed by atoms with E-state index >= 15 is 0 Å². The molecule has 7 heteroatoms. The van der Waals surface area contributed by atoms with Crippen molar-refractivity contribution in [3.63, 3.8) is 0 Å². The Bertz CT molecular complexity index is 1100. The second kappa shape index (κ2) is 6.60. The molecule has 0 spiro atoms. The SMILES string of the molecule is Cn1c(N)c(C(=O)CSc2ccc3ccccc3c2)c(=O)n(C)c1=O. The maximum atomic E-state index is 12.5. The normalized spacial score (nSPS) is 11.0. The van der Waals surface area contributed by atoms with Gasteiger partial charge in [0, 0.05) is 19.0 Å². The smallest absolute Gasteiger partial charge is 0.332 e. The van der Waals surface area contributed by atoms with Crippen LogP contribution in [0.25, 0.3) is 10.8 Å². The summed E-state index contributed by atoms with van der Waals surface area (Å²) in [7, 11) is 2.77. The maximum Gasteiger partial charge on any atom is 0.332 e. The largest absolute Gasteiger partial charge is 0.384 e. The van der Waals surface area contributed by atoms with Gasteiger partial charge in [-0.1, -0.05) is 30.3 Å². The average Bonchev–Trinajstić information content (AvgIpc) is 2.63. The minimum atomic E-state index is -0.662. The number of Topliss-reactive ketones (excluding diaryl/α,β-unsaturated/α-hetero) is 1. The molecule has 0 aliphatic carbocycles. The number of ketones is 1. The molecular weight excluding hydrogens is 338 g/mol. The number of carbonyl (C=O) groups is 1. The Morgan fingerprint density at radius 1 is 1.04 bits per heavy atom. The Labute approximate surface area is 147 Å². The predicted molar refractivity (Wildman–Crippen MR) is 100 cm³/mol. The van der Waals surface area contributed by atoms with Crippen LogP contribution in [0.1, 0.15) is 10.4 Å². The summed E-state index contributed by atoms with van der Waals surface area (Å²) in [6, 6.07) is 13.9. The third-order valence-corrected chi connectivity index (χ3v) is 5.07. The summed E-state index contributed by atoms with van der Waals surface area (Å²) in [5.74, 6) is -0.431. The fourth-order valence-corrected chi connectivity index (χ4v) is 3.42. The summed E-state index contributed by atoms with van der Waals surface area (Å²) in [5.41, 5.74) is 4.46. The van der Waals surface area contributed by atoms with Gasteiger partial charge in [-0.3, -0.25) is 18.7 Å². The number of anilines is 1. The topological polar surface area (TPSA) is 87.1 Å². The van der Waals surface area contributed by atoms with E-state index in [2.05, 4.69) is 0 Å². The van der Waals surface area contributed by atoms with E-state index in [-0.39, 0.29) is 17.1 Å². The number of aromatic nitrogens is 2. The van der Waals surface area contributed by atoms with Crippen LogP contribution in [0.2, 0.25) is 0 Å². The number of carbonyl (C=O) groups excluding carboxylic acids is 1. The lowest BCUT2D eigenvalue weighted by Crippen LogP contribution is -2.41. The molecule has 0 fully saturated rings. The highest BCUT2D eigenvalue weighted by molar-refractivity contribution is 8.00. The lowest BCUT2D eigenvalue weighted by molar-refractivity contribution is 0.102. The van der Waals surface area contributed by atoms with Crippen LogP contribution in [-0.2, 0) is 14.1 Å². The lowest BCUT2D eigenvalue weighted by Gasteiger charge is -2.10. The van der Waals surface area contributed by atoms with Crippen molar-refractivity contribution >= 4 is 34.1 Å². The second-order valence-corrected chi connectivity index (χ2v) is 6.74. The molecule has 0 bridgehead atoms. The standard InChI is InChI=1S/C18H17N3O3S/c1-20-16(19)15(17(23)21(2)18(20)24)14(22)10-25-13-8-7-11-5-3-4-6-12(11)9-13/h3-9H,10,19H2,1-2H3. The molecule has 0 atom stereocenters. The second-order valence-electron chi connectivity index (χ2n) is 5.69. The molecule has 0 radical (unpaired) electrons. The van der Waals surface area contributed by atoms with Gasteiger partial charge in [-0.2, -0.15) is 0 Å². The van der Waals surface area contributed by atoms with E-state index in [1.165, 1.54) is 25.9 Å². The van der Waals surface area contributed by atoms with Crippen LogP contribution in [-0.4, -0.2) is 20.7 Å². The van der Waals surface area contributed by atoms with Gasteiger partial charge in [0.25, 0.3) is 5.56 Å². The summed E-state index contributed by atoms with van der Waals surface area (Å²) < 4.78 is 2.00. The van der Waals surface area contributed by atoms with E-state index in [1.807, 2.05) is 42.5 Å². The van der Waals surface area contributed by atoms with Gasteiger partial charge in [-0.25, -0.2) is 4.79 Å². The number of nitrogens with zero attached hydrogens (tertiary/aromatic N) is 2. The molecule has 128 valence electrons. The van der Waals surface area contributed by atoms with Gasteiger partial charge >= 0.3 is 5.69 Å². The molecule has 0 amide bonds. The van der Waals surface area contributed by atoms with Crippen molar-refractivity contribution in [2.24, 2.45) is 14.1 Å². The molecule has 3 rings (SSSR count). The fourth-order valence-electron chi connectivity index (χ4n) is 2.60. The quantitative estimate of drug-likeness (QED) is 0.569. The van der Waals surface area contributed by atoms with Crippen molar-refractivity contribution in [3.05, 3.63) is 68.9 Å². The van der Waals surface area contributed by atoms with E-state index in [9.17, 15) is 14.4 Å². The Hall–Kier alpha value is -2.80. The minimum Gasteiger partial charge on any atom is -0.384 e. The van der Waals surface area contributed by atoms with Crippen molar-refractivity contribution in [2.45, 2.75) is 4.90 Å². The minimum absolute atomic E-state index is 0.0655. The van der Waals surface area contributed by atoms with E-state index in [4.69, 9.17) is 5.73 Å². The number of fused-ring (bicyclic) bond motifs is 1. The van der Waals surface area contributed by atoms with Crippen molar-refractivity contribution in [2.75, 3.05) is 11.5 Å². The van der Waals surface area contributed by atoms with Gasteiger partial charge < -0.3 is 5.73 Å². The van der Waals surface area contributed by atoms with Gasteiger partial charge in [0.15, 0.2) is 5.78 Å². The number of benzene rings is 2. The first-order valence-corrected chi connectivity index (χ1v) is 8.59. The van der Waals surface area contributed by atoms with Crippen molar-refractivity contribution < 1.29 is 4.79 Å². The zero-order valence-electron chi connectivity index (χ0n) is 13.9. The van der Waals surface area contributed by atoms with Gasteiger partial charge in [0.05, 0.1) is 5.75 Å². The number of hydrogen-bond donors (Lipinski definition) is 1. The first kappa shape index (κ1) is 17.0. The Morgan fingerprint density at radius 2 is 1.72 bits per heavy atom. The average molecular weight is 355 g/mol. The Balaban J connectivity index is 1.88. The summed E-state index contributed by atoms with van der Waals surface area (Å²) in [6.45, 7) is 0. The lowest BCUT2D eigenvalue weighted by atomic mass is 10.1. The first-order valence-electron chi connectivity index (χ1n) is 7.60. The van der Waals surface area contributed by atoms with Crippen molar-refractivity contribution in [1.29, 1.82) is 0 Å². The number of nitrogen functional groups attached to an aromatic ring is 1.